The number of phenolic OH excluding ortho intramolecular Hbond substituents is 1. The minimum Gasteiger partial charge on any atom is -0.506 e. The molecule has 2 aromatic rings. The van der Waals surface area contributed by atoms with Crippen molar-refractivity contribution in [2.45, 2.75) is 157 Å². The maximum absolute atomic E-state index is 14.1. The second kappa shape index (κ2) is 14.4. The lowest BCUT2D eigenvalue weighted by molar-refractivity contribution is -0.385. The van der Waals surface area contributed by atoms with Gasteiger partial charge < -0.3 is 82.4 Å². The Kier molecular flexibility index (Phi) is 10.2. The molecule has 7 aliphatic rings. The highest BCUT2D eigenvalue weighted by atomic mass is 16.9. The second-order valence-corrected chi connectivity index (χ2v) is 17.5. The summed E-state index contributed by atoms with van der Waals surface area (Å²) >= 11 is 0. The third kappa shape index (κ3) is 5.69. The molecule has 2 bridgehead atoms. The number of aromatic hydroxyl groups is 1. The number of epoxide rings is 1. The van der Waals surface area contributed by atoms with Gasteiger partial charge in [-0.3, -0.25) is 14.4 Å². The van der Waals surface area contributed by atoms with Crippen LogP contribution in [-0.2, 0) is 57.0 Å². The highest BCUT2D eigenvalue weighted by molar-refractivity contribution is 6.13. The lowest BCUT2D eigenvalue weighted by atomic mass is 9.77. The van der Waals surface area contributed by atoms with Gasteiger partial charge in [-0.2, -0.15) is 0 Å². The molecule has 0 saturated carbocycles. The van der Waals surface area contributed by atoms with Gasteiger partial charge in [0.25, 0.3) is 11.6 Å². The van der Waals surface area contributed by atoms with Crippen LogP contribution in [0.5, 0.6) is 17.2 Å². The number of aliphatic hydroxyl groups is 4. The SMILES string of the molecule is COc1c2c(c(O)c3c4c(c(C)cc13)C1OC3(C(OC)OC)OC1[C@@](OC1CC(O)C(O)(C(C)=O)C(C)O1)(O4)[C@@]31CO1)C(=O)[C@@H](O)C[C@@H]2OC1CC(C)(O)C(OC(C)=O)C(C)O1. The number of hydrogen-bond donors (Lipinski definition) is 5. The van der Waals surface area contributed by atoms with Crippen LogP contribution in [-0.4, -0.2) is 155 Å². The van der Waals surface area contributed by atoms with Crippen molar-refractivity contribution in [3.05, 3.63) is 28.3 Å². The number of carbonyl (C=O) groups excluding carboxylic acids is 3. The van der Waals surface area contributed by atoms with Crippen molar-refractivity contribution in [2.75, 3.05) is 27.9 Å². The highest BCUT2D eigenvalue weighted by Gasteiger charge is 2.94. The number of aliphatic hydroxyl groups excluding tert-OH is 2. The molecular weight excluding hydrogens is 824 g/mol. The number of aryl methyl sites for hydroxylation is 1. The van der Waals surface area contributed by atoms with Crippen molar-refractivity contribution in [1.29, 1.82) is 0 Å². The van der Waals surface area contributed by atoms with E-state index in [0.717, 1.165) is 6.92 Å². The summed E-state index contributed by atoms with van der Waals surface area (Å²) in [7, 11) is 4.14. The minimum atomic E-state index is -2.24. The van der Waals surface area contributed by atoms with E-state index in [-0.39, 0.29) is 52.8 Å². The third-order valence-electron chi connectivity index (χ3n) is 13.7. The summed E-state index contributed by atoms with van der Waals surface area (Å²) in [5.41, 5.74) is -4.74. The van der Waals surface area contributed by atoms with Gasteiger partial charge in [-0.15, -0.1) is 0 Å². The standard InChI is InChI=1S/C42H52O20/c1-15-10-20-27(31(48)29-28(32(20)51-7)22(11-21(45)30(29)47)58-25-13-38(6,49)35(16(2)55-25)57-19(5)44)33-26(15)34-36-41(60-33,39(14-54-39)42(61-34,62-36)37(52-8)53-9)59-24-12-23(46)40(50,17(3)43)18(4)56-24/h10,16,18,21-25,34-37,45-46,48-50H,11-14H2,1-9H3/t16?,18?,21-,22-,23?,24?,25?,34?,35?,36?,38?,39-,40?,41+,42?/m0/s1. The first kappa shape index (κ1) is 43.6. The van der Waals surface area contributed by atoms with Gasteiger partial charge in [0, 0.05) is 56.9 Å². The lowest BCUT2D eigenvalue weighted by Gasteiger charge is -2.52. The Morgan fingerprint density at radius 2 is 1.68 bits per heavy atom. The van der Waals surface area contributed by atoms with E-state index in [2.05, 4.69) is 0 Å². The van der Waals surface area contributed by atoms with E-state index in [1.807, 2.05) is 0 Å². The number of methoxy groups -OCH3 is 3. The van der Waals surface area contributed by atoms with Gasteiger partial charge >= 0.3 is 5.97 Å². The van der Waals surface area contributed by atoms with E-state index in [1.54, 1.807) is 19.9 Å². The van der Waals surface area contributed by atoms with Gasteiger partial charge in [0.15, 0.2) is 42.0 Å². The molecule has 5 saturated heterocycles. The van der Waals surface area contributed by atoms with Crippen molar-refractivity contribution >= 4 is 28.3 Å². The van der Waals surface area contributed by atoms with Crippen molar-refractivity contribution in [1.82, 2.24) is 0 Å². The number of ketones is 2. The molecule has 1 aliphatic carbocycles. The maximum atomic E-state index is 14.1. The fraction of sp³-hybridized carbons (Fsp3) is 0.690. The summed E-state index contributed by atoms with van der Waals surface area (Å²) < 4.78 is 74.9. The third-order valence-corrected chi connectivity index (χ3v) is 13.7. The molecule has 1 spiro atoms. The molecule has 340 valence electrons. The van der Waals surface area contributed by atoms with E-state index < -0.39 is 126 Å². The molecule has 9 rings (SSSR count). The van der Waals surface area contributed by atoms with Crippen LogP contribution in [0.3, 0.4) is 0 Å². The Morgan fingerprint density at radius 1 is 0.984 bits per heavy atom. The van der Waals surface area contributed by atoms with E-state index in [0.29, 0.717) is 11.1 Å². The van der Waals surface area contributed by atoms with Crippen LogP contribution in [0, 0.1) is 6.92 Å². The van der Waals surface area contributed by atoms with Crippen LogP contribution in [0.15, 0.2) is 6.07 Å². The molecule has 20 heteroatoms. The van der Waals surface area contributed by atoms with Gasteiger partial charge in [0.05, 0.1) is 49.1 Å². The van der Waals surface area contributed by atoms with Crippen LogP contribution in [0.25, 0.3) is 10.8 Å². The molecule has 20 nitrogen and oxygen atoms in total. The number of ether oxygens (including phenoxy) is 12. The molecule has 5 N–H and O–H groups in total. The quantitative estimate of drug-likeness (QED) is 0.127. The Morgan fingerprint density at radius 3 is 2.26 bits per heavy atom. The molecular formula is C42H52O20. The molecule has 6 heterocycles. The summed E-state index contributed by atoms with van der Waals surface area (Å²) in [5, 5.41) is 57.6. The van der Waals surface area contributed by atoms with Crippen molar-refractivity contribution < 1.29 is 96.8 Å². The van der Waals surface area contributed by atoms with Gasteiger partial charge in [-0.05, 0) is 46.2 Å². The largest absolute Gasteiger partial charge is 0.506 e. The number of carbonyl (C=O) groups is 3. The lowest BCUT2D eigenvalue weighted by Crippen LogP contribution is -2.72. The summed E-state index contributed by atoms with van der Waals surface area (Å²) in [6, 6.07) is 1.71. The molecule has 11 unspecified atom stereocenters. The predicted molar refractivity (Wildman–Crippen MR) is 204 cm³/mol. The molecule has 15 atom stereocenters. The fourth-order valence-electron chi connectivity index (χ4n) is 10.8. The summed E-state index contributed by atoms with van der Waals surface area (Å²) in [6.45, 7) is 8.56. The number of benzene rings is 2. The van der Waals surface area contributed by atoms with Crippen LogP contribution >= 0.6 is 0 Å². The predicted octanol–water partition coefficient (Wildman–Crippen LogP) is 1.16. The highest BCUT2D eigenvalue weighted by Crippen LogP contribution is 2.72. The zero-order chi connectivity index (χ0) is 44.8. The first-order valence-corrected chi connectivity index (χ1v) is 20.5. The minimum absolute atomic E-state index is 0.0211. The summed E-state index contributed by atoms with van der Waals surface area (Å²) in [4.78, 5) is 38.4. The fourth-order valence-corrected chi connectivity index (χ4v) is 10.8. The van der Waals surface area contributed by atoms with E-state index in [4.69, 9.17) is 56.8 Å². The Bertz CT molecular complexity index is 2200. The van der Waals surface area contributed by atoms with Gasteiger partial charge in [0.2, 0.25) is 11.9 Å². The Balaban J connectivity index is 1.18. The van der Waals surface area contributed by atoms with E-state index >= 15 is 0 Å². The Labute approximate surface area is 355 Å². The topological polar surface area (TPSA) is 266 Å². The van der Waals surface area contributed by atoms with Gasteiger partial charge in [-0.1, -0.05) is 0 Å². The first-order chi connectivity index (χ1) is 29.2. The van der Waals surface area contributed by atoms with Crippen LogP contribution in [0.2, 0.25) is 0 Å². The maximum Gasteiger partial charge on any atom is 0.303 e. The number of esters is 1. The van der Waals surface area contributed by atoms with Gasteiger partial charge in [-0.25, -0.2) is 0 Å². The Hall–Kier alpha value is -3.61. The molecule has 0 radical (unpaired) electrons. The molecule has 0 aromatic heterocycles. The molecule has 0 amide bonds. The smallest absolute Gasteiger partial charge is 0.303 e. The van der Waals surface area contributed by atoms with E-state index in [9.17, 15) is 39.9 Å². The zero-order valence-corrected chi connectivity index (χ0v) is 35.6. The van der Waals surface area contributed by atoms with Crippen LogP contribution in [0.4, 0.5) is 0 Å². The van der Waals surface area contributed by atoms with Crippen LogP contribution < -0.4 is 9.47 Å². The molecule has 62 heavy (non-hydrogen) atoms. The number of hydrogen-bond acceptors (Lipinski definition) is 20. The number of rotatable bonds is 10. The number of phenols is 1. The average Bonchev–Trinajstić information content (AvgIpc) is 3.86. The summed E-state index contributed by atoms with van der Waals surface area (Å²) in [6.07, 6.45) is -14.2. The molecule has 6 aliphatic heterocycles. The van der Waals surface area contributed by atoms with Crippen molar-refractivity contribution in [3.63, 3.8) is 0 Å². The monoisotopic (exact) mass is 876 g/mol. The summed E-state index contributed by atoms with van der Waals surface area (Å²) in [5.74, 6) is -6.52. The normalized spacial score (nSPS) is 42.8. The van der Waals surface area contributed by atoms with E-state index in [1.165, 1.54) is 42.1 Å². The number of fused-ring (bicyclic) bond motifs is 8. The number of Topliss-reactive ketones (excluding diaryl/α,β-unsaturated/α-hetero) is 2. The average molecular weight is 877 g/mol. The van der Waals surface area contributed by atoms with Gasteiger partial charge in [0.1, 0.15) is 35.1 Å². The molecule has 5 fully saturated rings. The van der Waals surface area contributed by atoms with Crippen molar-refractivity contribution in [2.24, 2.45) is 0 Å². The second-order valence-electron chi connectivity index (χ2n) is 17.5. The van der Waals surface area contributed by atoms with Crippen molar-refractivity contribution in [3.8, 4) is 17.2 Å². The molecule has 2 aromatic carbocycles. The van der Waals surface area contributed by atoms with Crippen LogP contribution in [0.1, 0.15) is 93.1 Å². The first-order valence-electron chi connectivity index (χ1n) is 20.5. The zero-order valence-electron chi connectivity index (χ0n) is 35.6.